The number of nitrogens with one attached hydrogen (secondary N) is 1. The highest BCUT2D eigenvalue weighted by Crippen LogP contribution is 2.23. The average Bonchev–Trinajstić information content (AvgIpc) is 2.55. The highest BCUT2D eigenvalue weighted by atomic mass is 32.1. The first-order valence-electron chi connectivity index (χ1n) is 8.89. The van der Waals surface area contributed by atoms with Crippen LogP contribution in [0.3, 0.4) is 0 Å². The molecular formula is C19H34N2S3. The van der Waals surface area contributed by atoms with Gasteiger partial charge in [-0.15, -0.1) is 0 Å². The van der Waals surface area contributed by atoms with Crippen LogP contribution in [0, 0.1) is 20.4 Å². The van der Waals surface area contributed by atoms with Gasteiger partial charge in [0.1, 0.15) is 0 Å². The molecule has 0 spiro atoms. The van der Waals surface area contributed by atoms with Crippen LogP contribution >= 0.6 is 36.7 Å². The molecule has 0 amide bonds. The van der Waals surface area contributed by atoms with E-state index in [1.165, 1.54) is 19.4 Å². The van der Waals surface area contributed by atoms with E-state index >= 15 is 0 Å². The number of anilines is 1. The molecule has 0 saturated heterocycles. The summed E-state index contributed by atoms with van der Waals surface area (Å²) in [5, 5.41) is 5.16. The van der Waals surface area contributed by atoms with Crippen LogP contribution in [0.25, 0.3) is 0 Å². The van der Waals surface area contributed by atoms with Gasteiger partial charge in [0.2, 0.25) is 0 Å². The van der Waals surface area contributed by atoms with Gasteiger partial charge in [0.25, 0.3) is 0 Å². The maximum absolute atomic E-state index is 5.10. The van der Waals surface area contributed by atoms with E-state index in [1.807, 2.05) is 11.4 Å². The van der Waals surface area contributed by atoms with E-state index in [-0.39, 0.29) is 0 Å². The molecular weight excluding hydrogens is 352 g/mol. The smallest absolute Gasteiger partial charge is 0.0790 e. The van der Waals surface area contributed by atoms with Crippen molar-refractivity contribution in [3.05, 3.63) is 15.1 Å². The molecule has 5 heteroatoms. The van der Waals surface area contributed by atoms with Gasteiger partial charge in [-0.05, 0) is 55.2 Å². The van der Waals surface area contributed by atoms with Crippen molar-refractivity contribution in [3.63, 3.8) is 0 Å². The minimum absolute atomic E-state index is 0.349. The fraction of sp³-hybridized carbons (Fsp3) is 0.737. The van der Waals surface area contributed by atoms with Gasteiger partial charge in [0.05, 0.1) is 14.7 Å². The lowest BCUT2D eigenvalue weighted by Gasteiger charge is -2.22. The van der Waals surface area contributed by atoms with Crippen molar-refractivity contribution >= 4 is 47.7 Å². The second kappa shape index (κ2) is 12.2. The van der Waals surface area contributed by atoms with Crippen LogP contribution in [0.5, 0.6) is 0 Å². The molecule has 0 fully saturated rings. The Hall–Kier alpha value is -0.230. The van der Waals surface area contributed by atoms with Crippen molar-refractivity contribution in [3.8, 4) is 0 Å². The maximum Gasteiger partial charge on any atom is 0.0790 e. The monoisotopic (exact) mass is 386 g/mol. The van der Waals surface area contributed by atoms with Gasteiger partial charge in [-0.25, -0.2) is 0 Å². The minimum atomic E-state index is 0.349. The average molecular weight is 387 g/mol. The molecule has 138 valence electrons. The standard InChI is InChI=1S/C12H20N2S2.C7H14S/c1-3-14(4-2)8-6-5-7-13-10-9-11(15)12(10)16;1-6(5-8)7(2,3)4/h9,13H,3-8H2,1-2H3;5-6H,1-4H3. The molecule has 0 aliphatic carbocycles. The van der Waals surface area contributed by atoms with Gasteiger partial charge in [-0.3, -0.25) is 0 Å². The maximum atomic E-state index is 5.10. The van der Waals surface area contributed by atoms with Crippen LogP contribution in [0.4, 0.5) is 5.69 Å². The zero-order valence-corrected chi connectivity index (χ0v) is 18.6. The van der Waals surface area contributed by atoms with Crippen molar-refractivity contribution < 1.29 is 0 Å². The second-order valence-corrected chi connectivity index (χ2v) is 8.32. The number of hydrogen-bond donors (Lipinski definition) is 1. The quantitative estimate of drug-likeness (QED) is 0.399. The highest BCUT2D eigenvalue weighted by Gasteiger charge is 2.16. The zero-order valence-electron chi connectivity index (χ0n) is 16.1. The summed E-state index contributed by atoms with van der Waals surface area (Å²) in [5.74, 6) is 0.539. The lowest BCUT2D eigenvalue weighted by atomic mass is 9.84. The summed E-state index contributed by atoms with van der Waals surface area (Å²) in [4.78, 5) is 2.45. The number of unbranched alkanes of at least 4 members (excludes halogenated alkanes) is 1. The van der Waals surface area contributed by atoms with E-state index in [2.05, 4.69) is 51.8 Å². The fourth-order valence-electron chi connectivity index (χ4n) is 1.88. The van der Waals surface area contributed by atoms with Crippen LogP contribution < -0.4 is 5.32 Å². The molecule has 1 aromatic rings. The van der Waals surface area contributed by atoms with Gasteiger partial charge >= 0.3 is 0 Å². The van der Waals surface area contributed by atoms with Crippen molar-refractivity contribution in [2.24, 2.45) is 11.3 Å². The van der Waals surface area contributed by atoms with E-state index in [0.29, 0.717) is 11.3 Å². The SMILES string of the molecule is CC(C=S)C(C)(C)C.CCN(CC)CCCCNc1cc(=S)c1=S. The summed E-state index contributed by atoms with van der Waals surface area (Å²) in [5.41, 5.74) is 1.41. The third-order valence-corrected chi connectivity index (χ3v) is 5.72. The van der Waals surface area contributed by atoms with Crippen LogP contribution in [0.1, 0.15) is 54.4 Å². The van der Waals surface area contributed by atoms with Crippen LogP contribution in [0.15, 0.2) is 6.07 Å². The molecule has 0 radical (unpaired) electrons. The molecule has 1 N–H and O–H groups in total. The molecule has 1 aromatic carbocycles. The molecule has 1 unspecified atom stereocenters. The Labute approximate surface area is 164 Å². The largest absolute Gasteiger partial charge is 0.384 e. The number of thiocarbonyl (C=S) groups is 1. The van der Waals surface area contributed by atoms with Gasteiger partial charge in [-0.1, -0.05) is 78.2 Å². The normalized spacial score (nSPS) is 12.6. The molecule has 24 heavy (non-hydrogen) atoms. The predicted octanol–water partition coefficient (Wildman–Crippen LogP) is 6.22. The van der Waals surface area contributed by atoms with Gasteiger partial charge in [0, 0.05) is 6.54 Å². The third kappa shape index (κ3) is 9.30. The van der Waals surface area contributed by atoms with Crippen LogP contribution in [-0.2, 0) is 0 Å². The summed E-state index contributed by atoms with van der Waals surface area (Å²) in [6.45, 7) is 17.6. The molecule has 0 aromatic heterocycles. The van der Waals surface area contributed by atoms with Crippen molar-refractivity contribution in [2.45, 2.75) is 54.4 Å². The second-order valence-electron chi connectivity index (χ2n) is 7.20. The molecule has 1 atom stereocenters. The minimum Gasteiger partial charge on any atom is -0.384 e. The Bertz CT molecular complexity index is 535. The van der Waals surface area contributed by atoms with Crippen LogP contribution in [0.2, 0.25) is 0 Å². The fourth-order valence-corrected chi connectivity index (χ4v) is 2.70. The molecule has 0 saturated carbocycles. The van der Waals surface area contributed by atoms with E-state index in [0.717, 1.165) is 34.3 Å². The molecule has 0 aliphatic rings. The third-order valence-electron chi connectivity index (χ3n) is 4.42. The highest BCUT2D eigenvalue weighted by molar-refractivity contribution is 7.79. The van der Waals surface area contributed by atoms with E-state index < -0.39 is 0 Å². The van der Waals surface area contributed by atoms with Gasteiger partial charge in [-0.2, -0.15) is 0 Å². The summed E-state index contributed by atoms with van der Waals surface area (Å²) >= 11 is 14.9. The molecule has 0 aliphatic heterocycles. The Balaban J connectivity index is 0.000000561. The number of hydrogen-bond acceptors (Lipinski definition) is 5. The molecule has 1 rings (SSSR count). The van der Waals surface area contributed by atoms with Crippen molar-refractivity contribution in [1.29, 1.82) is 0 Å². The number of nitrogens with zero attached hydrogens (tertiary/aromatic N) is 1. The van der Waals surface area contributed by atoms with Gasteiger partial charge in [0.15, 0.2) is 0 Å². The zero-order chi connectivity index (χ0) is 18.8. The Morgan fingerprint density at radius 2 is 1.75 bits per heavy atom. The van der Waals surface area contributed by atoms with Crippen molar-refractivity contribution in [1.82, 2.24) is 4.90 Å². The lowest BCUT2D eigenvalue weighted by Crippen LogP contribution is -2.24. The van der Waals surface area contributed by atoms with E-state index in [9.17, 15) is 0 Å². The molecule has 0 bridgehead atoms. The molecule has 2 nitrogen and oxygen atoms in total. The summed E-state index contributed by atoms with van der Waals surface area (Å²) in [6.07, 6.45) is 2.42. The summed E-state index contributed by atoms with van der Waals surface area (Å²) < 4.78 is 1.65. The number of rotatable bonds is 9. The predicted molar refractivity (Wildman–Crippen MR) is 118 cm³/mol. The first kappa shape index (κ1) is 23.8. The summed E-state index contributed by atoms with van der Waals surface area (Å²) in [7, 11) is 0. The first-order valence-corrected chi connectivity index (χ1v) is 10.2. The first-order chi connectivity index (χ1) is 11.2. The summed E-state index contributed by atoms with van der Waals surface area (Å²) in [6, 6.07) is 1.95. The molecule has 0 heterocycles. The Kier molecular flexibility index (Phi) is 12.1. The Morgan fingerprint density at radius 1 is 1.17 bits per heavy atom. The van der Waals surface area contributed by atoms with E-state index in [4.69, 9.17) is 36.7 Å². The topological polar surface area (TPSA) is 15.3 Å². The van der Waals surface area contributed by atoms with Gasteiger partial charge < -0.3 is 10.2 Å². The van der Waals surface area contributed by atoms with E-state index in [1.54, 1.807) is 0 Å². The van der Waals surface area contributed by atoms with Crippen molar-refractivity contribution in [2.75, 3.05) is 31.5 Å². The van der Waals surface area contributed by atoms with Crippen LogP contribution in [-0.4, -0.2) is 36.4 Å². The Morgan fingerprint density at radius 3 is 2.08 bits per heavy atom. The lowest BCUT2D eigenvalue weighted by molar-refractivity contribution is 0.298.